The van der Waals surface area contributed by atoms with Crippen LogP contribution in [-0.4, -0.2) is 69.6 Å². The van der Waals surface area contributed by atoms with Gasteiger partial charge in [0.05, 0.1) is 32.8 Å². The van der Waals surface area contributed by atoms with Gasteiger partial charge in [-0.3, -0.25) is 0 Å². The third kappa shape index (κ3) is 6.33. The summed E-state index contributed by atoms with van der Waals surface area (Å²) >= 11 is 0. The highest BCUT2D eigenvalue weighted by atomic mass is 16.7. The van der Waals surface area contributed by atoms with Crippen LogP contribution in [0.2, 0.25) is 0 Å². The first-order valence-electron chi connectivity index (χ1n) is 4.96. The summed E-state index contributed by atoms with van der Waals surface area (Å²) < 4.78 is 4.96. The molecule has 0 aliphatic heterocycles. The Labute approximate surface area is 93.5 Å². The zero-order valence-electron chi connectivity index (χ0n) is 9.04. The van der Waals surface area contributed by atoms with Crippen molar-refractivity contribution in [3.63, 3.8) is 0 Å². The average Bonchev–Trinajstić information content (AvgIpc) is 2.23. The predicted octanol–water partition coefficient (Wildman–Crippen LogP) is -2.62. The van der Waals surface area contributed by atoms with Crippen LogP contribution >= 0.6 is 0 Å². The van der Waals surface area contributed by atoms with E-state index in [1.165, 1.54) is 0 Å². The molecule has 0 bridgehead atoms. The minimum absolute atomic E-state index is 0.0815. The first-order valence-corrected chi connectivity index (χ1v) is 4.96. The van der Waals surface area contributed by atoms with Gasteiger partial charge in [-0.15, -0.1) is 0 Å². The van der Waals surface area contributed by atoms with Crippen LogP contribution in [0.4, 0.5) is 0 Å². The summed E-state index contributed by atoms with van der Waals surface area (Å²) in [6.07, 6.45) is -0.136. The van der Waals surface area contributed by atoms with Crippen molar-refractivity contribution in [1.82, 2.24) is 0 Å². The van der Waals surface area contributed by atoms with E-state index in [4.69, 9.17) is 35.4 Å². The van der Waals surface area contributed by atoms with Crippen molar-refractivity contribution in [2.24, 2.45) is 5.41 Å². The molecule has 0 rings (SSSR count). The van der Waals surface area contributed by atoms with Crippen molar-refractivity contribution in [3.8, 4) is 0 Å². The quantitative estimate of drug-likeness (QED) is 0.192. The Kier molecular flexibility index (Phi) is 7.00. The van der Waals surface area contributed by atoms with E-state index in [1.807, 2.05) is 0 Å². The van der Waals surface area contributed by atoms with Crippen molar-refractivity contribution in [2.45, 2.75) is 18.8 Å². The lowest BCUT2D eigenvalue weighted by Gasteiger charge is -2.27. The molecule has 0 heterocycles. The molecule has 0 unspecified atom stereocenters. The number of rotatable bonds is 9. The highest BCUT2D eigenvalue weighted by Crippen LogP contribution is 2.19. The molecule has 0 saturated carbocycles. The zero-order valence-corrected chi connectivity index (χ0v) is 9.04. The molecule has 0 fully saturated rings. The first kappa shape index (κ1) is 15.7. The lowest BCUT2D eigenvalue weighted by atomic mass is 9.88. The van der Waals surface area contributed by atoms with Crippen LogP contribution in [0.5, 0.6) is 0 Å². The van der Waals surface area contributed by atoms with Gasteiger partial charge in [0.15, 0.2) is 0 Å². The van der Waals surface area contributed by atoms with Crippen LogP contribution in [0.3, 0.4) is 0 Å². The summed E-state index contributed by atoms with van der Waals surface area (Å²) in [5.74, 6) is -2.75. The topological polar surface area (TPSA) is 131 Å². The van der Waals surface area contributed by atoms with Gasteiger partial charge < -0.3 is 35.4 Å². The molecule has 98 valence electrons. The number of aliphatic hydroxyl groups is 6. The number of hydrogen-bond acceptors (Lipinski definition) is 7. The van der Waals surface area contributed by atoms with Gasteiger partial charge in [-0.25, -0.2) is 0 Å². The molecular formula is C9H20O7. The minimum Gasteiger partial charge on any atom is -0.396 e. The lowest BCUT2D eigenvalue weighted by molar-refractivity contribution is -0.318. The van der Waals surface area contributed by atoms with E-state index in [0.29, 0.717) is 0 Å². The van der Waals surface area contributed by atoms with E-state index in [2.05, 4.69) is 0 Å². The molecule has 0 aromatic rings. The lowest BCUT2D eigenvalue weighted by Crippen LogP contribution is -2.35. The highest BCUT2D eigenvalue weighted by Gasteiger charge is 2.27. The molecule has 7 nitrogen and oxygen atoms in total. The summed E-state index contributed by atoms with van der Waals surface area (Å²) in [6.45, 7) is -1.06. The van der Waals surface area contributed by atoms with Gasteiger partial charge in [0, 0.05) is 12.0 Å². The minimum atomic E-state index is -2.75. The Bertz CT molecular complexity index is 165. The summed E-state index contributed by atoms with van der Waals surface area (Å²) in [5.41, 5.74) is -0.991. The van der Waals surface area contributed by atoms with Crippen molar-refractivity contribution in [3.05, 3.63) is 0 Å². The Morgan fingerprint density at radius 1 is 0.750 bits per heavy atom. The van der Waals surface area contributed by atoms with Gasteiger partial charge in [-0.05, 0) is 6.42 Å². The maximum absolute atomic E-state index is 8.97. The number of hydrogen-bond donors (Lipinski definition) is 6. The third-order valence-corrected chi connectivity index (χ3v) is 2.36. The second-order valence-electron chi connectivity index (χ2n) is 3.86. The summed E-state index contributed by atoms with van der Waals surface area (Å²) in [5, 5.41) is 52.5. The van der Waals surface area contributed by atoms with Crippen LogP contribution < -0.4 is 0 Å². The Morgan fingerprint density at radius 3 is 1.56 bits per heavy atom. The summed E-state index contributed by atoms with van der Waals surface area (Å²) in [6, 6.07) is 0. The van der Waals surface area contributed by atoms with Crippen LogP contribution in [0, 0.1) is 5.41 Å². The molecule has 0 radical (unpaired) electrons. The fraction of sp³-hybridized carbons (Fsp3) is 1.00. The van der Waals surface area contributed by atoms with Gasteiger partial charge in [-0.2, -0.15) is 0 Å². The summed E-state index contributed by atoms with van der Waals surface area (Å²) in [4.78, 5) is 0. The Hall–Kier alpha value is -0.280. The maximum atomic E-state index is 8.97. The predicted molar refractivity (Wildman–Crippen MR) is 53.1 cm³/mol. The van der Waals surface area contributed by atoms with Crippen molar-refractivity contribution < 1.29 is 35.4 Å². The van der Waals surface area contributed by atoms with Crippen LogP contribution in [0.1, 0.15) is 12.8 Å². The number of ether oxygens (including phenoxy) is 1. The van der Waals surface area contributed by atoms with Crippen molar-refractivity contribution in [2.75, 3.05) is 33.0 Å². The second-order valence-corrected chi connectivity index (χ2v) is 3.86. The molecule has 0 spiro atoms. The van der Waals surface area contributed by atoms with Crippen LogP contribution in [0.15, 0.2) is 0 Å². The smallest absolute Gasteiger partial charge is 0.277 e. The van der Waals surface area contributed by atoms with Crippen molar-refractivity contribution in [1.29, 1.82) is 0 Å². The maximum Gasteiger partial charge on any atom is 0.277 e. The normalized spacial score (nSPS) is 13.1. The average molecular weight is 240 g/mol. The van der Waals surface area contributed by atoms with Gasteiger partial charge in [0.1, 0.15) is 0 Å². The molecule has 7 heteroatoms. The standard InChI is InChI=1S/C9H20O7/c10-5-8(6-11,7-12)1-3-16-4-2-9(13,14)15/h10-15H,1-7H2. The summed E-state index contributed by atoms with van der Waals surface area (Å²) in [7, 11) is 0. The second kappa shape index (κ2) is 7.13. The molecule has 0 aliphatic carbocycles. The van der Waals surface area contributed by atoms with E-state index in [1.54, 1.807) is 0 Å². The fourth-order valence-electron chi connectivity index (χ4n) is 0.987. The monoisotopic (exact) mass is 240 g/mol. The highest BCUT2D eigenvalue weighted by molar-refractivity contribution is 4.76. The molecule has 0 aliphatic rings. The van der Waals surface area contributed by atoms with Gasteiger partial charge in [0.25, 0.3) is 5.97 Å². The van der Waals surface area contributed by atoms with E-state index in [9.17, 15) is 0 Å². The molecule has 0 atom stereocenters. The SMILES string of the molecule is OCC(CO)(CO)CCOCCC(O)(O)O. The van der Waals surface area contributed by atoms with Crippen molar-refractivity contribution >= 4 is 0 Å². The van der Waals surface area contributed by atoms with E-state index < -0.39 is 11.4 Å². The van der Waals surface area contributed by atoms with Crippen LogP contribution in [0.25, 0.3) is 0 Å². The van der Waals surface area contributed by atoms with E-state index in [0.717, 1.165) is 0 Å². The largest absolute Gasteiger partial charge is 0.396 e. The fourth-order valence-corrected chi connectivity index (χ4v) is 0.987. The Morgan fingerprint density at radius 2 is 1.19 bits per heavy atom. The molecule has 0 aromatic heterocycles. The van der Waals surface area contributed by atoms with E-state index >= 15 is 0 Å². The third-order valence-electron chi connectivity index (χ3n) is 2.36. The van der Waals surface area contributed by atoms with Gasteiger partial charge >= 0.3 is 0 Å². The molecule has 0 amide bonds. The number of aliphatic hydroxyl groups excluding tert-OH is 3. The molecule has 0 aromatic carbocycles. The molecule has 16 heavy (non-hydrogen) atoms. The first-order chi connectivity index (χ1) is 7.39. The Balaban J connectivity index is 3.71. The van der Waals surface area contributed by atoms with E-state index in [-0.39, 0.29) is 45.9 Å². The molecule has 0 saturated heterocycles. The molecule has 6 N–H and O–H groups in total. The molecular weight excluding hydrogens is 220 g/mol. The zero-order chi connectivity index (χ0) is 12.7. The van der Waals surface area contributed by atoms with Gasteiger partial charge in [-0.1, -0.05) is 0 Å². The van der Waals surface area contributed by atoms with Crippen LogP contribution in [-0.2, 0) is 4.74 Å². The van der Waals surface area contributed by atoms with Gasteiger partial charge in [0.2, 0.25) is 0 Å².